The highest BCUT2D eigenvalue weighted by Gasteiger charge is 1.96. The minimum atomic E-state index is 0.357. The fourth-order valence-electron chi connectivity index (χ4n) is 1.26. The number of aryl methyl sites for hydroxylation is 1. The molecule has 4 nitrogen and oxygen atoms in total. The number of rotatable bonds is 4. The summed E-state index contributed by atoms with van der Waals surface area (Å²) in [4.78, 5) is 8.33. The van der Waals surface area contributed by atoms with Gasteiger partial charge < -0.3 is 11.1 Å². The lowest BCUT2D eigenvalue weighted by molar-refractivity contribution is 1.34. The molecule has 0 atom stereocenters. The van der Waals surface area contributed by atoms with Gasteiger partial charge in [-0.15, -0.1) is 0 Å². The number of amidine groups is 1. The Kier molecular flexibility index (Phi) is 4.99. The summed E-state index contributed by atoms with van der Waals surface area (Å²) in [6, 6.07) is 7.88. The van der Waals surface area contributed by atoms with Crippen LogP contribution in [0.3, 0.4) is 0 Å². The second-order valence-corrected chi connectivity index (χ2v) is 4.04. The van der Waals surface area contributed by atoms with E-state index in [1.54, 1.807) is 26.1 Å². The predicted molar refractivity (Wildman–Crippen MR) is 78.1 cm³/mol. The average molecular weight is 242 g/mol. The van der Waals surface area contributed by atoms with Gasteiger partial charge in [-0.25, -0.2) is 4.99 Å². The van der Waals surface area contributed by atoms with Crippen LogP contribution in [0.4, 0.5) is 5.69 Å². The van der Waals surface area contributed by atoms with Crippen molar-refractivity contribution in [1.29, 1.82) is 5.41 Å². The number of hydrogen-bond acceptors (Lipinski definition) is 3. The van der Waals surface area contributed by atoms with E-state index in [-0.39, 0.29) is 0 Å². The van der Waals surface area contributed by atoms with Gasteiger partial charge >= 0.3 is 0 Å². The van der Waals surface area contributed by atoms with Crippen LogP contribution in [-0.2, 0) is 0 Å². The van der Waals surface area contributed by atoms with Gasteiger partial charge in [0, 0.05) is 6.21 Å². The van der Waals surface area contributed by atoms with Crippen molar-refractivity contribution in [3.8, 4) is 0 Å². The third-order valence-corrected chi connectivity index (χ3v) is 2.17. The first-order chi connectivity index (χ1) is 8.49. The molecule has 0 spiro atoms. The van der Waals surface area contributed by atoms with Gasteiger partial charge in [-0.05, 0) is 39.0 Å². The number of hydrogen-bond donors (Lipinski definition) is 2. The molecule has 94 valence electrons. The Hall–Kier alpha value is -2.23. The molecule has 0 aliphatic carbocycles. The standard InChI is InChI=1S/C14H18N4/c1-10-4-6-13(7-5-10)17-9-8-14(11(2)15)18-12(3)16/h4-9,15H,1-3H3,(H2,16,18). The van der Waals surface area contributed by atoms with Crippen LogP contribution in [0.5, 0.6) is 0 Å². The number of nitrogens with one attached hydrogen (secondary N) is 1. The zero-order valence-electron chi connectivity index (χ0n) is 10.9. The molecule has 0 fully saturated rings. The Labute approximate surface area is 107 Å². The highest BCUT2D eigenvalue weighted by molar-refractivity contribution is 6.01. The summed E-state index contributed by atoms with van der Waals surface area (Å²) in [5, 5.41) is 7.56. The molecule has 1 aromatic carbocycles. The Morgan fingerprint density at radius 2 is 1.83 bits per heavy atom. The molecule has 0 saturated carbocycles. The van der Waals surface area contributed by atoms with Crippen molar-refractivity contribution in [1.82, 2.24) is 0 Å². The Balaban J connectivity index is 2.85. The molecule has 0 saturated heterocycles. The third-order valence-electron chi connectivity index (χ3n) is 2.17. The van der Waals surface area contributed by atoms with Crippen molar-refractivity contribution in [2.75, 3.05) is 0 Å². The first-order valence-corrected chi connectivity index (χ1v) is 5.66. The molecule has 0 aromatic heterocycles. The van der Waals surface area contributed by atoms with Crippen LogP contribution in [0.1, 0.15) is 19.4 Å². The first kappa shape index (κ1) is 13.8. The van der Waals surface area contributed by atoms with E-state index in [0.29, 0.717) is 17.2 Å². The molecular weight excluding hydrogens is 224 g/mol. The lowest BCUT2D eigenvalue weighted by atomic mass is 10.2. The molecule has 0 aliphatic rings. The second kappa shape index (κ2) is 6.49. The van der Waals surface area contributed by atoms with Crippen LogP contribution >= 0.6 is 0 Å². The maximum atomic E-state index is 7.56. The molecule has 0 unspecified atom stereocenters. The van der Waals surface area contributed by atoms with Gasteiger partial charge in [-0.1, -0.05) is 17.7 Å². The van der Waals surface area contributed by atoms with Gasteiger partial charge in [0.2, 0.25) is 0 Å². The van der Waals surface area contributed by atoms with Crippen molar-refractivity contribution in [2.24, 2.45) is 15.7 Å². The molecule has 0 radical (unpaired) electrons. The fraction of sp³-hybridized carbons (Fsp3) is 0.214. The lowest BCUT2D eigenvalue weighted by Gasteiger charge is -1.98. The van der Waals surface area contributed by atoms with Crippen molar-refractivity contribution in [3.63, 3.8) is 0 Å². The molecule has 3 N–H and O–H groups in total. The average Bonchev–Trinajstić information content (AvgIpc) is 2.29. The topological polar surface area (TPSA) is 74.6 Å². The highest BCUT2D eigenvalue weighted by atomic mass is 14.9. The summed E-state index contributed by atoms with van der Waals surface area (Å²) in [7, 11) is 0. The summed E-state index contributed by atoms with van der Waals surface area (Å²) < 4.78 is 0. The molecule has 0 aliphatic heterocycles. The van der Waals surface area contributed by atoms with Gasteiger partial charge in [0.15, 0.2) is 0 Å². The van der Waals surface area contributed by atoms with E-state index in [0.717, 1.165) is 5.69 Å². The molecular formula is C14H18N4. The minimum Gasteiger partial charge on any atom is -0.387 e. The van der Waals surface area contributed by atoms with Gasteiger partial charge in [-0.2, -0.15) is 0 Å². The van der Waals surface area contributed by atoms with Crippen LogP contribution in [0.15, 0.2) is 46.0 Å². The molecule has 18 heavy (non-hydrogen) atoms. The van der Waals surface area contributed by atoms with Gasteiger partial charge in [0.1, 0.15) is 0 Å². The molecule has 1 rings (SSSR count). The van der Waals surface area contributed by atoms with E-state index >= 15 is 0 Å². The first-order valence-electron chi connectivity index (χ1n) is 5.66. The zero-order valence-corrected chi connectivity index (χ0v) is 10.9. The van der Waals surface area contributed by atoms with Crippen molar-refractivity contribution in [3.05, 3.63) is 41.6 Å². The minimum absolute atomic E-state index is 0.357. The van der Waals surface area contributed by atoms with E-state index in [9.17, 15) is 0 Å². The quantitative estimate of drug-likeness (QED) is 0.618. The van der Waals surface area contributed by atoms with Crippen LogP contribution < -0.4 is 5.73 Å². The molecule has 0 bridgehead atoms. The summed E-state index contributed by atoms with van der Waals surface area (Å²) in [6.45, 7) is 5.38. The van der Waals surface area contributed by atoms with Crippen molar-refractivity contribution in [2.45, 2.75) is 20.8 Å². The van der Waals surface area contributed by atoms with Crippen LogP contribution in [0, 0.1) is 12.3 Å². The lowest BCUT2D eigenvalue weighted by Crippen LogP contribution is -2.07. The molecule has 0 heterocycles. The number of allylic oxidation sites excluding steroid dienone is 2. The molecule has 0 amide bonds. The Morgan fingerprint density at radius 3 is 2.33 bits per heavy atom. The van der Waals surface area contributed by atoms with Crippen LogP contribution in [-0.4, -0.2) is 17.8 Å². The zero-order chi connectivity index (χ0) is 13.5. The predicted octanol–water partition coefficient (Wildman–Crippen LogP) is 3.00. The SMILES string of the molecule is CC(=N)C(=CC=Nc1ccc(C)cc1)N=C(C)N. The van der Waals surface area contributed by atoms with Crippen molar-refractivity contribution < 1.29 is 0 Å². The van der Waals surface area contributed by atoms with E-state index in [4.69, 9.17) is 11.1 Å². The second-order valence-electron chi connectivity index (χ2n) is 4.04. The van der Waals surface area contributed by atoms with E-state index in [2.05, 4.69) is 9.98 Å². The number of nitrogens with zero attached hydrogens (tertiary/aromatic N) is 2. The summed E-state index contributed by atoms with van der Waals surface area (Å²) in [5.41, 5.74) is 8.44. The normalized spacial score (nSPS) is 13.1. The molecule has 1 aromatic rings. The van der Waals surface area contributed by atoms with E-state index < -0.39 is 0 Å². The van der Waals surface area contributed by atoms with Crippen LogP contribution in [0.25, 0.3) is 0 Å². The summed E-state index contributed by atoms with van der Waals surface area (Å²) in [6.07, 6.45) is 3.31. The third kappa shape index (κ3) is 4.74. The summed E-state index contributed by atoms with van der Waals surface area (Å²) in [5.74, 6) is 0.427. The number of benzene rings is 1. The van der Waals surface area contributed by atoms with Gasteiger partial charge in [0.25, 0.3) is 0 Å². The smallest absolute Gasteiger partial charge is 0.0965 e. The van der Waals surface area contributed by atoms with Gasteiger partial charge in [-0.3, -0.25) is 4.99 Å². The largest absolute Gasteiger partial charge is 0.387 e. The Morgan fingerprint density at radius 1 is 1.22 bits per heavy atom. The van der Waals surface area contributed by atoms with E-state index in [1.807, 2.05) is 31.2 Å². The monoisotopic (exact) mass is 242 g/mol. The number of nitrogens with two attached hydrogens (primary N) is 1. The maximum Gasteiger partial charge on any atom is 0.0965 e. The van der Waals surface area contributed by atoms with E-state index in [1.165, 1.54) is 5.56 Å². The van der Waals surface area contributed by atoms with Crippen LogP contribution in [0.2, 0.25) is 0 Å². The maximum absolute atomic E-state index is 7.56. The van der Waals surface area contributed by atoms with Crippen molar-refractivity contribution >= 4 is 23.4 Å². The summed E-state index contributed by atoms with van der Waals surface area (Å²) >= 11 is 0. The molecule has 4 heteroatoms. The van der Waals surface area contributed by atoms with Gasteiger partial charge in [0.05, 0.1) is 22.9 Å². The number of aliphatic imine (C=N–C) groups is 2. The highest BCUT2D eigenvalue weighted by Crippen LogP contribution is 2.11. The fourth-order valence-corrected chi connectivity index (χ4v) is 1.26. The Bertz CT molecular complexity index is 503.